The predicted molar refractivity (Wildman–Crippen MR) is 98.7 cm³/mol. The number of amides is 2. The molecular formula is C19H31N3O2. The van der Waals surface area contributed by atoms with Crippen molar-refractivity contribution in [3.8, 4) is 0 Å². The molecule has 0 aromatic heterocycles. The summed E-state index contributed by atoms with van der Waals surface area (Å²) in [6, 6.07) is 7.78. The highest BCUT2D eigenvalue weighted by molar-refractivity contribution is 5.84. The van der Waals surface area contributed by atoms with Gasteiger partial charge in [-0.05, 0) is 17.7 Å². The molecule has 0 spiro atoms. The molecule has 0 unspecified atom stereocenters. The van der Waals surface area contributed by atoms with Crippen molar-refractivity contribution in [1.29, 1.82) is 0 Å². The van der Waals surface area contributed by atoms with Gasteiger partial charge < -0.3 is 15.5 Å². The summed E-state index contributed by atoms with van der Waals surface area (Å²) in [6.07, 6.45) is -0.556. The van der Waals surface area contributed by atoms with Gasteiger partial charge in [0.1, 0.15) is 6.17 Å². The summed E-state index contributed by atoms with van der Waals surface area (Å²) in [5.74, 6) is -0.225. The van der Waals surface area contributed by atoms with Crippen LogP contribution in [0.1, 0.15) is 53.3 Å². The van der Waals surface area contributed by atoms with E-state index in [4.69, 9.17) is 0 Å². The Balaban J connectivity index is 3.08. The van der Waals surface area contributed by atoms with Crippen molar-refractivity contribution in [2.75, 3.05) is 19.0 Å². The topological polar surface area (TPSA) is 61.4 Å². The number of rotatable bonds is 4. The standard InChI is InChI=1S/C19H31N3O2/c1-18(2,3)16(23)20-15(21-17(24)19(4,5)6)13-9-11-14(12-10-13)22(7)8/h9-12,15H,1-8H3,(H,20,23)(H,21,24). The second-order valence-electron chi connectivity index (χ2n) is 8.37. The molecule has 0 fully saturated rings. The molecule has 0 radical (unpaired) electrons. The first-order valence-corrected chi connectivity index (χ1v) is 8.21. The van der Waals surface area contributed by atoms with E-state index in [0.29, 0.717) is 0 Å². The smallest absolute Gasteiger partial charge is 0.227 e. The molecule has 2 amide bonds. The first kappa shape index (κ1) is 20.0. The molecule has 0 saturated carbocycles. The maximum absolute atomic E-state index is 12.4. The zero-order chi connectivity index (χ0) is 18.7. The minimum Gasteiger partial charge on any atom is -0.378 e. The molecule has 5 heteroatoms. The van der Waals surface area contributed by atoms with Gasteiger partial charge in [0, 0.05) is 30.6 Å². The molecule has 1 aromatic carbocycles. The first-order chi connectivity index (χ1) is 10.8. The number of benzene rings is 1. The number of carbonyl (C=O) groups excluding carboxylic acids is 2. The summed E-state index contributed by atoms with van der Waals surface area (Å²) in [5, 5.41) is 5.88. The van der Waals surface area contributed by atoms with Gasteiger partial charge in [-0.3, -0.25) is 9.59 Å². The van der Waals surface area contributed by atoms with Crippen molar-refractivity contribution in [3.05, 3.63) is 29.8 Å². The number of hydrogen-bond donors (Lipinski definition) is 2. The highest BCUT2D eigenvalue weighted by Gasteiger charge is 2.28. The highest BCUT2D eigenvalue weighted by atomic mass is 16.2. The molecular weight excluding hydrogens is 302 g/mol. The number of nitrogens with one attached hydrogen (secondary N) is 2. The normalized spacial score (nSPS) is 12.0. The van der Waals surface area contributed by atoms with Crippen LogP contribution < -0.4 is 15.5 Å². The highest BCUT2D eigenvalue weighted by Crippen LogP contribution is 2.21. The van der Waals surface area contributed by atoms with Gasteiger partial charge in [-0.2, -0.15) is 0 Å². The number of carbonyl (C=O) groups is 2. The quantitative estimate of drug-likeness (QED) is 0.833. The predicted octanol–water partition coefficient (Wildman–Crippen LogP) is 3.08. The van der Waals surface area contributed by atoms with Gasteiger partial charge in [0.05, 0.1) is 0 Å². The summed E-state index contributed by atoms with van der Waals surface area (Å²) < 4.78 is 0. The summed E-state index contributed by atoms with van der Waals surface area (Å²) >= 11 is 0. The van der Waals surface area contributed by atoms with Crippen molar-refractivity contribution >= 4 is 17.5 Å². The Morgan fingerprint density at radius 1 is 0.833 bits per heavy atom. The summed E-state index contributed by atoms with van der Waals surface area (Å²) in [5.41, 5.74) is 0.834. The molecule has 0 saturated heterocycles. The van der Waals surface area contributed by atoms with E-state index in [9.17, 15) is 9.59 Å². The van der Waals surface area contributed by atoms with Gasteiger partial charge in [-0.25, -0.2) is 0 Å². The Bertz CT molecular complexity index is 550. The molecule has 1 rings (SSSR count). The average molecular weight is 333 g/mol. The lowest BCUT2D eigenvalue weighted by atomic mass is 9.94. The van der Waals surface area contributed by atoms with Gasteiger partial charge in [0.25, 0.3) is 0 Å². The molecule has 0 aliphatic rings. The maximum Gasteiger partial charge on any atom is 0.227 e. The van der Waals surface area contributed by atoms with E-state index in [0.717, 1.165) is 11.3 Å². The molecule has 0 heterocycles. The third-order valence-corrected chi connectivity index (χ3v) is 3.66. The largest absolute Gasteiger partial charge is 0.378 e. The van der Waals surface area contributed by atoms with Crippen LogP contribution in [0.5, 0.6) is 0 Å². The van der Waals surface area contributed by atoms with E-state index in [1.807, 2.05) is 84.8 Å². The van der Waals surface area contributed by atoms with Crippen molar-refractivity contribution in [2.24, 2.45) is 10.8 Å². The van der Waals surface area contributed by atoms with Gasteiger partial charge in [0.2, 0.25) is 11.8 Å². The molecule has 1 aromatic rings. The minimum absolute atomic E-state index is 0.113. The fourth-order valence-electron chi connectivity index (χ4n) is 1.86. The zero-order valence-corrected chi connectivity index (χ0v) is 16.2. The molecule has 24 heavy (non-hydrogen) atoms. The Kier molecular flexibility index (Phi) is 6.04. The van der Waals surface area contributed by atoms with Crippen LogP contribution in [0.4, 0.5) is 5.69 Å². The number of nitrogens with zero attached hydrogens (tertiary/aromatic N) is 1. The van der Waals surface area contributed by atoms with Crippen LogP contribution in [0.15, 0.2) is 24.3 Å². The minimum atomic E-state index is -0.556. The number of anilines is 1. The van der Waals surface area contributed by atoms with Crippen molar-refractivity contribution in [2.45, 2.75) is 47.7 Å². The van der Waals surface area contributed by atoms with Crippen molar-refractivity contribution < 1.29 is 9.59 Å². The molecule has 0 aliphatic carbocycles. The summed E-state index contributed by atoms with van der Waals surface area (Å²) in [7, 11) is 3.94. The molecule has 134 valence electrons. The SMILES string of the molecule is CN(C)c1ccc(C(NC(=O)C(C)(C)C)NC(=O)C(C)(C)C)cc1. The third kappa shape index (κ3) is 5.55. The molecule has 2 N–H and O–H groups in total. The maximum atomic E-state index is 12.4. The monoisotopic (exact) mass is 333 g/mol. The lowest BCUT2D eigenvalue weighted by Gasteiger charge is -2.28. The van der Waals surface area contributed by atoms with Crippen molar-refractivity contribution in [3.63, 3.8) is 0 Å². The van der Waals surface area contributed by atoms with E-state index in [-0.39, 0.29) is 11.8 Å². The van der Waals surface area contributed by atoms with Crippen LogP contribution in [-0.4, -0.2) is 25.9 Å². The lowest BCUT2D eigenvalue weighted by molar-refractivity contribution is -0.132. The van der Waals surface area contributed by atoms with Crippen LogP contribution >= 0.6 is 0 Å². The van der Waals surface area contributed by atoms with E-state index >= 15 is 0 Å². The van der Waals surface area contributed by atoms with E-state index < -0.39 is 17.0 Å². The molecule has 5 nitrogen and oxygen atoms in total. The van der Waals surface area contributed by atoms with Gasteiger partial charge in [-0.15, -0.1) is 0 Å². The van der Waals surface area contributed by atoms with E-state index in [1.165, 1.54) is 0 Å². The Morgan fingerprint density at radius 3 is 1.50 bits per heavy atom. The third-order valence-electron chi connectivity index (χ3n) is 3.66. The first-order valence-electron chi connectivity index (χ1n) is 8.21. The molecule has 0 atom stereocenters. The van der Waals surface area contributed by atoms with Crippen LogP contribution in [0.25, 0.3) is 0 Å². The van der Waals surface area contributed by atoms with Crippen LogP contribution in [0.3, 0.4) is 0 Å². The number of hydrogen-bond acceptors (Lipinski definition) is 3. The molecule has 0 bridgehead atoms. The van der Waals surface area contributed by atoms with E-state index in [2.05, 4.69) is 10.6 Å². The van der Waals surface area contributed by atoms with E-state index in [1.54, 1.807) is 0 Å². The van der Waals surface area contributed by atoms with Crippen LogP contribution in [0.2, 0.25) is 0 Å². The van der Waals surface area contributed by atoms with Crippen LogP contribution in [0, 0.1) is 10.8 Å². The van der Waals surface area contributed by atoms with Crippen LogP contribution in [-0.2, 0) is 9.59 Å². The fraction of sp³-hybridized carbons (Fsp3) is 0.579. The fourth-order valence-corrected chi connectivity index (χ4v) is 1.86. The second-order valence-corrected chi connectivity index (χ2v) is 8.37. The Labute approximate surface area is 145 Å². The average Bonchev–Trinajstić information content (AvgIpc) is 2.44. The Hall–Kier alpha value is -2.04. The summed E-state index contributed by atoms with van der Waals surface area (Å²) in [6.45, 7) is 11.1. The second kappa shape index (κ2) is 7.24. The van der Waals surface area contributed by atoms with Crippen molar-refractivity contribution in [1.82, 2.24) is 10.6 Å². The van der Waals surface area contributed by atoms with Gasteiger partial charge >= 0.3 is 0 Å². The van der Waals surface area contributed by atoms with Gasteiger partial charge in [0.15, 0.2) is 0 Å². The van der Waals surface area contributed by atoms with Gasteiger partial charge in [-0.1, -0.05) is 53.7 Å². The summed E-state index contributed by atoms with van der Waals surface area (Å²) in [4.78, 5) is 26.8. The zero-order valence-electron chi connectivity index (χ0n) is 16.2. The molecule has 0 aliphatic heterocycles. The Morgan fingerprint density at radius 2 is 1.21 bits per heavy atom. The lowest BCUT2D eigenvalue weighted by Crippen LogP contribution is -2.47.